The van der Waals surface area contributed by atoms with Gasteiger partial charge in [0.05, 0.1) is 16.9 Å². The lowest BCUT2D eigenvalue weighted by molar-refractivity contribution is -0.135. The molecule has 0 radical (unpaired) electrons. The molecule has 1 aliphatic carbocycles. The number of benzene rings is 1. The number of nitrogens with two attached hydrogens (primary N) is 1. The molecule has 140 valence electrons. The van der Waals surface area contributed by atoms with Crippen molar-refractivity contribution in [3.8, 4) is 0 Å². The molecule has 26 heavy (non-hydrogen) atoms. The van der Waals surface area contributed by atoms with Crippen LogP contribution in [0.4, 0.5) is 0 Å². The number of para-hydroxylation sites is 1. The Morgan fingerprint density at radius 2 is 2.00 bits per heavy atom. The zero-order chi connectivity index (χ0) is 18.5. The van der Waals surface area contributed by atoms with Crippen molar-refractivity contribution in [1.29, 1.82) is 0 Å². The molecule has 0 spiro atoms. The summed E-state index contributed by atoms with van der Waals surface area (Å²) in [5, 5.41) is 0.574. The molecule has 0 aliphatic heterocycles. The fraction of sp³-hybridized carbons (Fsp3) is 0.550. The molecule has 1 heterocycles. The van der Waals surface area contributed by atoms with Crippen molar-refractivity contribution in [1.82, 2.24) is 14.9 Å². The second kappa shape index (κ2) is 8.45. The molecule has 1 aliphatic rings. The maximum atomic E-state index is 12.8. The Hall–Kier alpha value is -2.21. The Morgan fingerprint density at radius 1 is 1.27 bits per heavy atom. The molecule has 1 fully saturated rings. The molecule has 0 saturated heterocycles. The number of fused-ring (bicyclic) bond motifs is 1. The largest absolute Gasteiger partial charge is 0.333 e. The van der Waals surface area contributed by atoms with E-state index in [4.69, 9.17) is 5.73 Å². The van der Waals surface area contributed by atoms with Crippen LogP contribution in [0.3, 0.4) is 0 Å². The highest BCUT2D eigenvalue weighted by Crippen LogP contribution is 2.33. The zero-order valence-corrected chi connectivity index (χ0v) is 15.4. The lowest BCUT2D eigenvalue weighted by atomic mass is 10.1. The summed E-state index contributed by atoms with van der Waals surface area (Å²) in [5.74, 6) is 0.894. The van der Waals surface area contributed by atoms with Gasteiger partial charge in [0, 0.05) is 12.5 Å². The Bertz CT molecular complexity index is 813. The van der Waals surface area contributed by atoms with Crippen molar-refractivity contribution < 1.29 is 4.79 Å². The number of nitrogens with one attached hydrogen (secondary N) is 1. The minimum Gasteiger partial charge on any atom is -0.333 e. The van der Waals surface area contributed by atoms with Crippen LogP contribution in [0.5, 0.6) is 0 Å². The van der Waals surface area contributed by atoms with E-state index in [9.17, 15) is 9.59 Å². The van der Waals surface area contributed by atoms with Gasteiger partial charge in [0.2, 0.25) is 5.91 Å². The molecule has 6 nitrogen and oxygen atoms in total. The van der Waals surface area contributed by atoms with E-state index in [1.165, 1.54) is 0 Å². The fourth-order valence-corrected chi connectivity index (χ4v) is 3.29. The summed E-state index contributed by atoms with van der Waals surface area (Å²) in [5.41, 5.74) is 6.06. The number of nitrogens with zero attached hydrogens (tertiary/aromatic N) is 2. The van der Waals surface area contributed by atoms with E-state index in [-0.39, 0.29) is 23.4 Å². The van der Waals surface area contributed by atoms with Gasteiger partial charge in [0.1, 0.15) is 5.82 Å². The van der Waals surface area contributed by atoms with Crippen molar-refractivity contribution in [3.05, 3.63) is 40.4 Å². The minimum absolute atomic E-state index is 0.147. The second-order valence-corrected chi connectivity index (χ2v) is 7.15. The topological polar surface area (TPSA) is 92.1 Å². The molecule has 0 bridgehead atoms. The average Bonchev–Trinajstić information content (AvgIpc) is 3.49. The van der Waals surface area contributed by atoms with E-state index < -0.39 is 0 Å². The molecule has 3 N–H and O–H groups in total. The van der Waals surface area contributed by atoms with Crippen LogP contribution in [0.1, 0.15) is 57.3 Å². The lowest BCUT2D eigenvalue weighted by Crippen LogP contribution is -2.37. The number of rotatable bonds is 9. The van der Waals surface area contributed by atoms with Crippen molar-refractivity contribution in [3.63, 3.8) is 0 Å². The zero-order valence-electron chi connectivity index (χ0n) is 15.4. The first-order valence-corrected chi connectivity index (χ1v) is 9.61. The summed E-state index contributed by atoms with van der Waals surface area (Å²) in [6.07, 6.45) is 6.04. The number of hydrogen-bond acceptors (Lipinski definition) is 4. The average molecular weight is 356 g/mol. The number of amides is 1. The fourth-order valence-electron chi connectivity index (χ4n) is 3.29. The maximum absolute atomic E-state index is 12.8. The molecule has 1 amide bonds. The minimum atomic E-state index is -0.241. The summed E-state index contributed by atoms with van der Waals surface area (Å²) in [4.78, 5) is 34.5. The van der Waals surface area contributed by atoms with E-state index in [0.29, 0.717) is 29.8 Å². The van der Waals surface area contributed by atoms with Crippen molar-refractivity contribution in [2.45, 2.75) is 51.5 Å². The first-order valence-electron chi connectivity index (χ1n) is 9.61. The molecule has 1 saturated carbocycles. The molecule has 3 rings (SSSR count). The first kappa shape index (κ1) is 18.6. The quantitative estimate of drug-likeness (QED) is 0.676. The third kappa shape index (κ3) is 4.30. The van der Waals surface area contributed by atoms with Gasteiger partial charge in [-0.2, -0.15) is 0 Å². The summed E-state index contributed by atoms with van der Waals surface area (Å²) in [6.45, 7) is 3.36. The number of aromatic amines is 1. The van der Waals surface area contributed by atoms with Crippen LogP contribution < -0.4 is 11.3 Å². The van der Waals surface area contributed by atoms with Crippen molar-refractivity contribution in [2.75, 3.05) is 13.1 Å². The Balaban J connectivity index is 1.78. The third-order valence-electron chi connectivity index (χ3n) is 5.06. The summed E-state index contributed by atoms with van der Waals surface area (Å²) in [6, 6.07) is 7.05. The van der Waals surface area contributed by atoms with Crippen LogP contribution in [-0.4, -0.2) is 33.9 Å². The molecule has 6 heteroatoms. The summed E-state index contributed by atoms with van der Waals surface area (Å²) >= 11 is 0. The van der Waals surface area contributed by atoms with Gasteiger partial charge in [-0.3, -0.25) is 9.59 Å². The molecule has 2 aromatic rings. The number of carbonyl (C=O) groups excluding carboxylic acids is 1. The van der Waals surface area contributed by atoms with Crippen LogP contribution >= 0.6 is 0 Å². The standard InChI is InChI=1S/C20H28N4O2/c1-14(18-22-17-9-5-4-8-16(17)19(25)23-18)24(20(26)15-10-11-15)13-7-3-2-6-12-21/h4-5,8-9,14-15H,2-3,6-7,10-13,21H2,1H3,(H,22,23,25). The van der Waals surface area contributed by atoms with Gasteiger partial charge in [-0.1, -0.05) is 25.0 Å². The van der Waals surface area contributed by atoms with E-state index in [0.717, 1.165) is 38.5 Å². The van der Waals surface area contributed by atoms with Crippen LogP contribution in [0.15, 0.2) is 29.1 Å². The van der Waals surface area contributed by atoms with Gasteiger partial charge in [0.25, 0.3) is 5.56 Å². The Morgan fingerprint density at radius 3 is 2.73 bits per heavy atom. The lowest BCUT2D eigenvalue weighted by Gasteiger charge is -2.29. The van der Waals surface area contributed by atoms with Crippen molar-refractivity contribution >= 4 is 16.8 Å². The highest BCUT2D eigenvalue weighted by molar-refractivity contribution is 5.81. The monoisotopic (exact) mass is 356 g/mol. The van der Waals surface area contributed by atoms with Gasteiger partial charge in [-0.15, -0.1) is 0 Å². The number of H-pyrrole nitrogens is 1. The van der Waals surface area contributed by atoms with Gasteiger partial charge in [-0.05, 0) is 51.3 Å². The predicted octanol–water partition coefficient (Wildman–Crippen LogP) is 2.74. The Kier molecular flexibility index (Phi) is 6.04. The molecule has 1 unspecified atom stereocenters. The van der Waals surface area contributed by atoms with Gasteiger partial charge >= 0.3 is 0 Å². The molecular formula is C20H28N4O2. The SMILES string of the molecule is CC(c1nc2ccccc2c(=O)[nH]1)N(CCCCCCN)C(=O)C1CC1. The molecular weight excluding hydrogens is 328 g/mol. The number of carbonyl (C=O) groups is 1. The smallest absolute Gasteiger partial charge is 0.258 e. The maximum Gasteiger partial charge on any atom is 0.258 e. The third-order valence-corrected chi connectivity index (χ3v) is 5.06. The van der Waals surface area contributed by atoms with Crippen LogP contribution in [0.2, 0.25) is 0 Å². The van der Waals surface area contributed by atoms with Gasteiger partial charge < -0.3 is 15.6 Å². The summed E-state index contributed by atoms with van der Waals surface area (Å²) in [7, 11) is 0. The van der Waals surface area contributed by atoms with E-state index in [1.807, 2.05) is 30.0 Å². The Labute approximate surface area is 153 Å². The normalized spacial score (nSPS) is 15.2. The predicted molar refractivity (Wildman–Crippen MR) is 103 cm³/mol. The van der Waals surface area contributed by atoms with E-state index in [2.05, 4.69) is 9.97 Å². The van der Waals surface area contributed by atoms with Crippen molar-refractivity contribution in [2.24, 2.45) is 11.7 Å². The van der Waals surface area contributed by atoms with Crippen LogP contribution in [-0.2, 0) is 4.79 Å². The van der Waals surface area contributed by atoms with E-state index >= 15 is 0 Å². The number of unbranched alkanes of at least 4 members (excludes halogenated alkanes) is 3. The van der Waals surface area contributed by atoms with E-state index in [1.54, 1.807) is 6.07 Å². The molecule has 1 aromatic carbocycles. The molecule has 1 aromatic heterocycles. The highest BCUT2D eigenvalue weighted by atomic mass is 16.2. The van der Waals surface area contributed by atoms with Crippen LogP contribution in [0.25, 0.3) is 10.9 Å². The number of aromatic nitrogens is 2. The van der Waals surface area contributed by atoms with Crippen LogP contribution in [0, 0.1) is 5.92 Å². The molecule has 1 atom stereocenters. The van der Waals surface area contributed by atoms with Gasteiger partial charge in [0.15, 0.2) is 0 Å². The highest BCUT2D eigenvalue weighted by Gasteiger charge is 2.36. The van der Waals surface area contributed by atoms with Gasteiger partial charge in [-0.25, -0.2) is 4.98 Å². The first-order chi connectivity index (χ1) is 12.6. The second-order valence-electron chi connectivity index (χ2n) is 7.15. The summed E-state index contributed by atoms with van der Waals surface area (Å²) < 4.78 is 0. The number of hydrogen-bond donors (Lipinski definition) is 2.